The highest BCUT2D eigenvalue weighted by atomic mass is 16.5. The van der Waals surface area contributed by atoms with Gasteiger partial charge >= 0.3 is 6.03 Å². The molecule has 0 radical (unpaired) electrons. The van der Waals surface area contributed by atoms with Gasteiger partial charge in [0, 0.05) is 19.5 Å². The van der Waals surface area contributed by atoms with E-state index in [1.165, 1.54) is 24.7 Å². The molecule has 0 bridgehead atoms. The smallest absolute Gasteiger partial charge is 0.317 e. The molecule has 2 atom stereocenters. The summed E-state index contributed by atoms with van der Waals surface area (Å²) < 4.78 is 10.7. The van der Waals surface area contributed by atoms with Crippen LogP contribution >= 0.6 is 0 Å². The number of nitrogens with one attached hydrogen (secondary N) is 1. The number of carbonyl (C=O) groups is 1. The van der Waals surface area contributed by atoms with E-state index in [1.54, 1.807) is 17.0 Å². The quantitative estimate of drug-likeness (QED) is 0.784. The van der Waals surface area contributed by atoms with E-state index in [-0.39, 0.29) is 12.1 Å². The SMILES string of the molecule is O=C(NCCC1=CCCC1)N1CCOC[C@H]1C[C@@H](O)c1ccco1. The highest BCUT2D eigenvalue weighted by molar-refractivity contribution is 5.74. The second-order valence-corrected chi connectivity index (χ2v) is 6.43. The molecule has 2 N–H and O–H groups in total. The van der Waals surface area contributed by atoms with E-state index in [4.69, 9.17) is 9.15 Å². The summed E-state index contributed by atoms with van der Waals surface area (Å²) in [5.74, 6) is 0.522. The van der Waals surface area contributed by atoms with Crippen LogP contribution in [0.5, 0.6) is 0 Å². The van der Waals surface area contributed by atoms with Gasteiger partial charge in [0.15, 0.2) is 0 Å². The lowest BCUT2D eigenvalue weighted by atomic mass is 10.1. The Morgan fingerprint density at radius 3 is 3.17 bits per heavy atom. The van der Waals surface area contributed by atoms with E-state index in [9.17, 15) is 9.90 Å². The predicted octanol–water partition coefficient (Wildman–Crippen LogP) is 2.61. The molecule has 1 aliphatic heterocycles. The van der Waals surface area contributed by atoms with Crippen LogP contribution in [-0.4, -0.2) is 48.4 Å². The standard InChI is InChI=1S/C18H26N2O4/c21-16(17-6-3-10-24-17)12-15-13-23-11-9-20(15)18(22)19-8-7-14-4-1-2-5-14/h3-4,6,10,15-16,21H,1-2,5,7-9,11-13H2,(H,19,22)/t15-,16-/m1/s1. The summed E-state index contributed by atoms with van der Waals surface area (Å²) in [7, 11) is 0. The number of allylic oxidation sites excluding steroid dienone is 1. The van der Waals surface area contributed by atoms with Crippen molar-refractivity contribution in [1.29, 1.82) is 0 Å². The van der Waals surface area contributed by atoms with Crippen LogP contribution in [0.15, 0.2) is 34.5 Å². The minimum absolute atomic E-state index is 0.0754. The number of morpholine rings is 1. The minimum atomic E-state index is -0.731. The normalized spacial score (nSPS) is 22.3. The number of hydrogen-bond donors (Lipinski definition) is 2. The van der Waals surface area contributed by atoms with E-state index in [2.05, 4.69) is 11.4 Å². The lowest BCUT2D eigenvalue weighted by molar-refractivity contribution is -0.00962. The predicted molar refractivity (Wildman–Crippen MR) is 89.5 cm³/mol. The molecule has 1 saturated heterocycles. The Bertz CT molecular complexity index is 555. The summed E-state index contributed by atoms with van der Waals surface area (Å²) in [5.41, 5.74) is 1.45. The van der Waals surface area contributed by atoms with Gasteiger partial charge in [-0.15, -0.1) is 0 Å². The Hall–Kier alpha value is -1.79. The number of hydrogen-bond acceptors (Lipinski definition) is 4. The molecule has 0 saturated carbocycles. The topological polar surface area (TPSA) is 74.9 Å². The van der Waals surface area contributed by atoms with Gasteiger partial charge in [-0.25, -0.2) is 4.79 Å². The van der Waals surface area contributed by atoms with Gasteiger partial charge in [-0.2, -0.15) is 0 Å². The zero-order chi connectivity index (χ0) is 16.8. The number of furan rings is 1. The molecule has 24 heavy (non-hydrogen) atoms. The zero-order valence-corrected chi connectivity index (χ0v) is 13.9. The lowest BCUT2D eigenvalue weighted by Crippen LogP contribution is -2.53. The molecule has 3 rings (SSSR count). The zero-order valence-electron chi connectivity index (χ0n) is 13.9. The van der Waals surface area contributed by atoms with E-state index in [1.807, 2.05) is 0 Å². The van der Waals surface area contributed by atoms with Crippen LogP contribution in [0.1, 0.15) is 44.0 Å². The Labute approximate surface area is 142 Å². The molecule has 6 heteroatoms. The Balaban J connectivity index is 1.50. The third kappa shape index (κ3) is 4.39. The molecular weight excluding hydrogens is 308 g/mol. The van der Waals surface area contributed by atoms with E-state index >= 15 is 0 Å². The molecule has 0 unspecified atom stereocenters. The average molecular weight is 334 g/mol. The molecule has 132 valence electrons. The van der Waals surface area contributed by atoms with Crippen molar-refractivity contribution in [2.75, 3.05) is 26.3 Å². The third-order valence-corrected chi connectivity index (χ3v) is 4.71. The summed E-state index contributed by atoms with van der Waals surface area (Å²) >= 11 is 0. The second kappa shape index (κ2) is 8.35. The maximum Gasteiger partial charge on any atom is 0.317 e. The van der Waals surface area contributed by atoms with Crippen LogP contribution in [0.2, 0.25) is 0 Å². The Morgan fingerprint density at radius 2 is 2.42 bits per heavy atom. The Kier molecular flexibility index (Phi) is 5.93. The molecule has 2 amide bonds. The first-order valence-corrected chi connectivity index (χ1v) is 8.75. The molecule has 6 nitrogen and oxygen atoms in total. The van der Waals surface area contributed by atoms with Crippen LogP contribution in [0.25, 0.3) is 0 Å². The highest BCUT2D eigenvalue weighted by Crippen LogP contribution is 2.23. The fraction of sp³-hybridized carbons (Fsp3) is 0.611. The molecule has 1 fully saturated rings. The van der Waals surface area contributed by atoms with Crippen molar-refractivity contribution in [2.24, 2.45) is 0 Å². The fourth-order valence-corrected chi connectivity index (χ4v) is 3.37. The van der Waals surface area contributed by atoms with Crippen molar-refractivity contribution in [3.8, 4) is 0 Å². The molecule has 0 aromatic carbocycles. The van der Waals surface area contributed by atoms with Gasteiger partial charge in [0.05, 0.1) is 25.5 Å². The number of amides is 2. The average Bonchev–Trinajstić information content (AvgIpc) is 3.29. The van der Waals surface area contributed by atoms with Crippen LogP contribution < -0.4 is 5.32 Å². The van der Waals surface area contributed by atoms with Crippen LogP contribution in [0.4, 0.5) is 4.79 Å². The van der Waals surface area contributed by atoms with E-state index in [0.29, 0.717) is 38.5 Å². The van der Waals surface area contributed by atoms with Gasteiger partial charge in [-0.05, 0) is 37.8 Å². The largest absolute Gasteiger partial charge is 0.467 e. The van der Waals surface area contributed by atoms with Crippen LogP contribution in [-0.2, 0) is 4.74 Å². The van der Waals surface area contributed by atoms with Crippen molar-refractivity contribution < 1.29 is 19.1 Å². The van der Waals surface area contributed by atoms with Gasteiger partial charge in [-0.3, -0.25) is 0 Å². The van der Waals surface area contributed by atoms with Crippen molar-refractivity contribution >= 4 is 6.03 Å². The number of ether oxygens (including phenoxy) is 1. The van der Waals surface area contributed by atoms with Crippen molar-refractivity contribution in [1.82, 2.24) is 10.2 Å². The maximum absolute atomic E-state index is 12.5. The first kappa shape index (κ1) is 17.0. The molecular formula is C18H26N2O4. The summed E-state index contributed by atoms with van der Waals surface area (Å²) in [6.07, 6.45) is 7.99. The first-order chi connectivity index (χ1) is 11.7. The van der Waals surface area contributed by atoms with Gasteiger partial charge in [0.1, 0.15) is 11.9 Å². The van der Waals surface area contributed by atoms with Gasteiger partial charge in [-0.1, -0.05) is 11.6 Å². The number of carbonyl (C=O) groups excluding carboxylic acids is 1. The van der Waals surface area contributed by atoms with Crippen LogP contribution in [0, 0.1) is 0 Å². The molecule has 2 heterocycles. The number of nitrogens with zero attached hydrogens (tertiary/aromatic N) is 1. The van der Waals surface area contributed by atoms with Crippen molar-refractivity contribution in [2.45, 2.75) is 44.2 Å². The number of aliphatic hydroxyl groups excluding tert-OH is 1. The van der Waals surface area contributed by atoms with Crippen molar-refractivity contribution in [3.05, 3.63) is 35.8 Å². The Morgan fingerprint density at radius 1 is 1.50 bits per heavy atom. The van der Waals surface area contributed by atoms with E-state index < -0.39 is 6.10 Å². The summed E-state index contributed by atoms with van der Waals surface area (Å²) in [4.78, 5) is 14.3. The van der Waals surface area contributed by atoms with E-state index in [0.717, 1.165) is 12.8 Å². The van der Waals surface area contributed by atoms with Gasteiger partial charge < -0.3 is 24.5 Å². The van der Waals surface area contributed by atoms with Crippen molar-refractivity contribution in [3.63, 3.8) is 0 Å². The highest BCUT2D eigenvalue weighted by Gasteiger charge is 2.30. The molecule has 2 aliphatic rings. The monoisotopic (exact) mass is 334 g/mol. The van der Waals surface area contributed by atoms with Gasteiger partial charge in [0.25, 0.3) is 0 Å². The molecule has 1 aromatic rings. The molecule has 1 aliphatic carbocycles. The summed E-state index contributed by atoms with van der Waals surface area (Å²) in [6, 6.07) is 3.27. The lowest BCUT2D eigenvalue weighted by Gasteiger charge is -2.36. The molecule has 0 spiro atoms. The number of urea groups is 1. The summed E-state index contributed by atoms with van der Waals surface area (Å²) in [6.45, 7) is 2.18. The number of rotatable bonds is 6. The summed E-state index contributed by atoms with van der Waals surface area (Å²) in [5, 5.41) is 13.3. The fourth-order valence-electron chi connectivity index (χ4n) is 3.37. The number of aliphatic hydroxyl groups is 1. The first-order valence-electron chi connectivity index (χ1n) is 8.75. The minimum Gasteiger partial charge on any atom is -0.467 e. The molecule has 1 aromatic heterocycles. The third-order valence-electron chi connectivity index (χ3n) is 4.71. The maximum atomic E-state index is 12.5. The second-order valence-electron chi connectivity index (χ2n) is 6.43. The van der Waals surface area contributed by atoms with Crippen LogP contribution in [0.3, 0.4) is 0 Å². The van der Waals surface area contributed by atoms with Gasteiger partial charge in [0.2, 0.25) is 0 Å².